The first-order chi connectivity index (χ1) is 14.3. The van der Waals surface area contributed by atoms with Crippen molar-refractivity contribution in [2.75, 3.05) is 5.32 Å². The van der Waals surface area contributed by atoms with Gasteiger partial charge in [-0.15, -0.1) is 0 Å². The van der Waals surface area contributed by atoms with Crippen LogP contribution in [0.1, 0.15) is 32.8 Å². The zero-order valence-corrected chi connectivity index (χ0v) is 16.8. The zero-order valence-electron chi connectivity index (χ0n) is 16.8. The van der Waals surface area contributed by atoms with Gasteiger partial charge in [0.2, 0.25) is 5.91 Å². The van der Waals surface area contributed by atoms with Gasteiger partial charge in [-0.05, 0) is 50.1 Å². The largest absolute Gasteiger partial charge is 0.461 e. The molecule has 152 valence electrons. The van der Waals surface area contributed by atoms with Gasteiger partial charge in [0.05, 0.1) is 23.2 Å². The minimum Gasteiger partial charge on any atom is -0.461 e. The summed E-state index contributed by atoms with van der Waals surface area (Å²) in [4.78, 5) is 36.7. The third-order valence-corrected chi connectivity index (χ3v) is 5.39. The number of anilines is 1. The molecule has 7 nitrogen and oxygen atoms in total. The molecular weight excluding hydrogens is 384 g/mol. The number of fused-ring (bicyclic) bond motifs is 2. The first-order valence-corrected chi connectivity index (χ1v) is 9.41. The third-order valence-electron chi connectivity index (χ3n) is 5.39. The van der Waals surface area contributed by atoms with E-state index in [1.54, 1.807) is 31.2 Å². The number of amides is 2. The Labute approximate surface area is 171 Å². The van der Waals surface area contributed by atoms with E-state index in [9.17, 15) is 14.4 Å². The molecule has 0 fully saturated rings. The Bertz CT molecular complexity index is 1390. The SMILES string of the molecule is Cc1oc2cc3oc(=O)c(CC(=O)Nc4ccccc4C(N)=O)c(C)c3cc2c1C. The van der Waals surface area contributed by atoms with Crippen LogP contribution in [0.4, 0.5) is 5.69 Å². The van der Waals surface area contributed by atoms with E-state index >= 15 is 0 Å². The number of furan rings is 1. The number of aryl methyl sites for hydroxylation is 3. The van der Waals surface area contributed by atoms with Gasteiger partial charge in [-0.2, -0.15) is 0 Å². The van der Waals surface area contributed by atoms with Crippen molar-refractivity contribution in [2.45, 2.75) is 27.2 Å². The minimum atomic E-state index is -0.651. The molecular formula is C23H20N2O5. The third kappa shape index (κ3) is 3.24. The van der Waals surface area contributed by atoms with Crippen molar-refractivity contribution in [1.29, 1.82) is 0 Å². The Morgan fingerprint density at radius 1 is 0.967 bits per heavy atom. The lowest BCUT2D eigenvalue weighted by Crippen LogP contribution is -2.22. The van der Waals surface area contributed by atoms with Crippen LogP contribution >= 0.6 is 0 Å². The molecule has 0 saturated carbocycles. The summed E-state index contributed by atoms with van der Waals surface area (Å²) in [5.41, 5.74) is 8.25. The Morgan fingerprint density at radius 2 is 1.63 bits per heavy atom. The van der Waals surface area contributed by atoms with Crippen LogP contribution in [0.5, 0.6) is 0 Å². The zero-order chi connectivity index (χ0) is 21.6. The molecule has 0 atom stereocenters. The lowest BCUT2D eigenvalue weighted by atomic mass is 10.0. The molecule has 2 heterocycles. The molecule has 2 aromatic carbocycles. The Hall–Kier alpha value is -3.87. The fraction of sp³-hybridized carbons (Fsp3) is 0.174. The number of carbonyl (C=O) groups excluding carboxylic acids is 2. The van der Waals surface area contributed by atoms with Gasteiger partial charge in [0.15, 0.2) is 0 Å². The molecule has 0 saturated heterocycles. The smallest absolute Gasteiger partial charge is 0.340 e. The predicted octanol–water partition coefficient (Wildman–Crippen LogP) is 3.74. The van der Waals surface area contributed by atoms with E-state index in [1.165, 1.54) is 6.07 Å². The summed E-state index contributed by atoms with van der Waals surface area (Å²) in [7, 11) is 0. The number of hydrogen-bond acceptors (Lipinski definition) is 5. The van der Waals surface area contributed by atoms with Crippen molar-refractivity contribution in [1.82, 2.24) is 0 Å². The number of nitrogens with two attached hydrogens (primary N) is 1. The molecule has 0 bridgehead atoms. The topological polar surface area (TPSA) is 116 Å². The maximum absolute atomic E-state index is 12.6. The van der Waals surface area contributed by atoms with E-state index < -0.39 is 17.4 Å². The Balaban J connectivity index is 1.73. The molecule has 2 aromatic heterocycles. The van der Waals surface area contributed by atoms with Crippen molar-refractivity contribution >= 4 is 39.4 Å². The normalized spacial score (nSPS) is 11.2. The summed E-state index contributed by atoms with van der Waals surface area (Å²) in [6.07, 6.45) is -0.196. The highest BCUT2D eigenvalue weighted by Crippen LogP contribution is 2.31. The van der Waals surface area contributed by atoms with Crippen molar-refractivity contribution in [3.8, 4) is 0 Å². The van der Waals surface area contributed by atoms with Crippen LogP contribution in [0, 0.1) is 20.8 Å². The maximum atomic E-state index is 12.6. The quantitative estimate of drug-likeness (QED) is 0.503. The van der Waals surface area contributed by atoms with Crippen LogP contribution in [-0.4, -0.2) is 11.8 Å². The number of primary amides is 1. The highest BCUT2D eigenvalue weighted by molar-refractivity contribution is 6.03. The minimum absolute atomic E-state index is 0.196. The molecule has 0 aliphatic rings. The second-order valence-corrected chi connectivity index (χ2v) is 7.26. The average Bonchev–Trinajstić information content (AvgIpc) is 2.97. The number of para-hydroxylation sites is 1. The van der Waals surface area contributed by atoms with Crippen molar-refractivity contribution in [2.24, 2.45) is 5.73 Å². The van der Waals surface area contributed by atoms with E-state index in [2.05, 4.69) is 5.32 Å². The van der Waals surface area contributed by atoms with E-state index in [0.29, 0.717) is 22.4 Å². The number of rotatable bonds is 4. The first kappa shape index (κ1) is 19.4. The highest BCUT2D eigenvalue weighted by Gasteiger charge is 2.18. The van der Waals surface area contributed by atoms with Crippen molar-refractivity contribution < 1.29 is 18.4 Å². The van der Waals surface area contributed by atoms with Gasteiger partial charge in [-0.1, -0.05) is 12.1 Å². The molecule has 0 aliphatic heterocycles. The summed E-state index contributed by atoms with van der Waals surface area (Å²) in [6.45, 7) is 5.63. The summed E-state index contributed by atoms with van der Waals surface area (Å²) in [5.74, 6) is -0.301. The molecule has 30 heavy (non-hydrogen) atoms. The van der Waals surface area contributed by atoms with Gasteiger partial charge < -0.3 is 19.9 Å². The van der Waals surface area contributed by atoms with Crippen LogP contribution in [0.15, 0.2) is 50.0 Å². The standard InChI is InChI=1S/C23H20N2O5/c1-11-13(3)29-19-10-20-16(8-15(11)19)12(2)17(23(28)30-20)9-21(26)25-18-7-5-4-6-14(18)22(24)27/h4-8,10H,9H2,1-3H3,(H2,24,27)(H,25,26). The molecule has 0 unspecified atom stereocenters. The molecule has 0 radical (unpaired) electrons. The fourth-order valence-corrected chi connectivity index (χ4v) is 3.59. The summed E-state index contributed by atoms with van der Waals surface area (Å²) >= 11 is 0. The number of benzene rings is 2. The van der Waals surface area contributed by atoms with E-state index in [1.807, 2.05) is 19.9 Å². The molecule has 4 rings (SSSR count). The Kier molecular flexibility index (Phi) is 4.66. The molecule has 4 aromatic rings. The number of nitrogens with one attached hydrogen (secondary N) is 1. The van der Waals surface area contributed by atoms with Gasteiger partial charge >= 0.3 is 5.63 Å². The van der Waals surface area contributed by atoms with Crippen molar-refractivity contribution in [3.63, 3.8) is 0 Å². The van der Waals surface area contributed by atoms with Crippen LogP contribution in [-0.2, 0) is 11.2 Å². The van der Waals surface area contributed by atoms with E-state index in [-0.39, 0.29) is 17.5 Å². The average molecular weight is 404 g/mol. The first-order valence-electron chi connectivity index (χ1n) is 9.41. The predicted molar refractivity (Wildman–Crippen MR) is 114 cm³/mol. The fourth-order valence-electron chi connectivity index (χ4n) is 3.59. The highest BCUT2D eigenvalue weighted by atomic mass is 16.4. The van der Waals surface area contributed by atoms with Gasteiger partial charge in [-0.3, -0.25) is 9.59 Å². The molecule has 0 aliphatic carbocycles. The van der Waals surface area contributed by atoms with Gasteiger partial charge in [0.25, 0.3) is 5.91 Å². The van der Waals surface area contributed by atoms with Gasteiger partial charge in [0, 0.05) is 16.8 Å². The van der Waals surface area contributed by atoms with Crippen LogP contribution in [0.2, 0.25) is 0 Å². The number of hydrogen-bond donors (Lipinski definition) is 2. The summed E-state index contributed by atoms with van der Waals surface area (Å²) < 4.78 is 11.2. The van der Waals surface area contributed by atoms with Gasteiger partial charge in [-0.25, -0.2) is 4.79 Å². The molecule has 7 heteroatoms. The van der Waals surface area contributed by atoms with Crippen LogP contribution in [0.3, 0.4) is 0 Å². The van der Waals surface area contributed by atoms with Gasteiger partial charge in [0.1, 0.15) is 16.9 Å². The monoisotopic (exact) mass is 404 g/mol. The van der Waals surface area contributed by atoms with E-state index in [4.69, 9.17) is 14.6 Å². The van der Waals surface area contributed by atoms with Crippen LogP contribution in [0.25, 0.3) is 21.9 Å². The number of carbonyl (C=O) groups is 2. The maximum Gasteiger partial charge on any atom is 0.340 e. The second kappa shape index (κ2) is 7.18. The van der Waals surface area contributed by atoms with Crippen molar-refractivity contribution in [3.05, 3.63) is 74.8 Å². The van der Waals surface area contributed by atoms with E-state index in [0.717, 1.165) is 22.1 Å². The lowest BCUT2D eigenvalue weighted by Gasteiger charge is -2.10. The second-order valence-electron chi connectivity index (χ2n) is 7.26. The molecule has 3 N–H and O–H groups in total. The summed E-state index contributed by atoms with van der Waals surface area (Å²) in [6, 6.07) is 10.0. The molecule has 0 spiro atoms. The Morgan fingerprint density at radius 3 is 2.37 bits per heavy atom. The molecule has 2 amide bonds. The van der Waals surface area contributed by atoms with Crippen LogP contribution < -0.4 is 16.7 Å². The lowest BCUT2D eigenvalue weighted by molar-refractivity contribution is -0.115. The summed E-state index contributed by atoms with van der Waals surface area (Å²) in [5, 5.41) is 4.32.